The first-order chi connectivity index (χ1) is 9.73. The molecule has 1 fully saturated rings. The molecule has 3 rings (SSSR count). The Balaban J connectivity index is 1.66. The molecule has 0 saturated carbocycles. The van der Waals surface area contributed by atoms with Gasteiger partial charge in [-0.1, -0.05) is 36.4 Å². The summed E-state index contributed by atoms with van der Waals surface area (Å²) in [6.07, 6.45) is 3.77. The van der Waals surface area contributed by atoms with Crippen molar-refractivity contribution in [2.24, 2.45) is 0 Å². The minimum Gasteiger partial charge on any atom is -0.457 e. The third-order valence-corrected chi connectivity index (χ3v) is 3.72. The lowest BCUT2D eigenvalue weighted by molar-refractivity contribution is -0.156. The number of hydrogen-bond acceptors (Lipinski definition) is 4. The van der Waals surface area contributed by atoms with Crippen molar-refractivity contribution in [1.29, 1.82) is 0 Å². The van der Waals surface area contributed by atoms with Gasteiger partial charge in [0.15, 0.2) is 5.60 Å². The van der Waals surface area contributed by atoms with Gasteiger partial charge in [-0.15, -0.1) is 0 Å². The maximum absolute atomic E-state index is 11.9. The van der Waals surface area contributed by atoms with Crippen LogP contribution in [0.5, 0.6) is 0 Å². The zero-order chi connectivity index (χ0) is 14.0. The molecule has 1 aromatic rings. The summed E-state index contributed by atoms with van der Waals surface area (Å²) in [4.78, 5) is 11.9. The highest BCUT2D eigenvalue weighted by Crippen LogP contribution is 2.37. The number of ether oxygens (including phenoxy) is 3. The SMILES string of the molecule is CCO[C@@]12C=C[C@@H](OCc3ccccc3)[C@H](C1)OC2=O. The van der Waals surface area contributed by atoms with Gasteiger partial charge in [-0.25, -0.2) is 4.79 Å². The van der Waals surface area contributed by atoms with Crippen LogP contribution in [0.2, 0.25) is 0 Å². The summed E-state index contributed by atoms with van der Waals surface area (Å²) in [5.41, 5.74) is 0.221. The number of carbonyl (C=O) groups excluding carboxylic acids is 1. The Morgan fingerprint density at radius 2 is 2.15 bits per heavy atom. The summed E-state index contributed by atoms with van der Waals surface area (Å²) >= 11 is 0. The van der Waals surface area contributed by atoms with Crippen molar-refractivity contribution < 1.29 is 19.0 Å². The monoisotopic (exact) mass is 274 g/mol. The lowest BCUT2D eigenvalue weighted by Gasteiger charge is -2.27. The summed E-state index contributed by atoms with van der Waals surface area (Å²) in [6.45, 7) is 2.87. The highest BCUT2D eigenvalue weighted by Gasteiger charge is 2.53. The van der Waals surface area contributed by atoms with Gasteiger partial charge in [0, 0.05) is 13.0 Å². The molecule has 3 atom stereocenters. The molecule has 1 aliphatic heterocycles. The van der Waals surface area contributed by atoms with Gasteiger partial charge in [0.05, 0.1) is 6.61 Å². The number of esters is 1. The molecule has 1 heterocycles. The van der Waals surface area contributed by atoms with Crippen molar-refractivity contribution >= 4 is 5.97 Å². The van der Waals surface area contributed by atoms with Crippen LogP contribution in [0.25, 0.3) is 0 Å². The minimum absolute atomic E-state index is 0.199. The van der Waals surface area contributed by atoms with E-state index in [2.05, 4.69) is 0 Å². The molecule has 4 nitrogen and oxygen atoms in total. The Labute approximate surface area is 118 Å². The van der Waals surface area contributed by atoms with Crippen LogP contribution in [-0.4, -0.2) is 30.4 Å². The summed E-state index contributed by atoms with van der Waals surface area (Å²) in [6, 6.07) is 9.95. The van der Waals surface area contributed by atoms with Crippen LogP contribution < -0.4 is 0 Å². The molecule has 4 heteroatoms. The molecular weight excluding hydrogens is 256 g/mol. The van der Waals surface area contributed by atoms with E-state index in [0.717, 1.165) is 5.56 Å². The van der Waals surface area contributed by atoms with Gasteiger partial charge in [-0.05, 0) is 18.6 Å². The molecule has 0 spiro atoms. The third kappa shape index (κ3) is 2.37. The van der Waals surface area contributed by atoms with Crippen LogP contribution >= 0.6 is 0 Å². The molecule has 0 N–H and O–H groups in total. The molecular formula is C16H18O4. The Morgan fingerprint density at radius 3 is 2.90 bits per heavy atom. The maximum atomic E-state index is 11.9. The molecule has 0 amide bonds. The molecule has 0 aromatic heterocycles. The van der Waals surface area contributed by atoms with E-state index < -0.39 is 5.60 Å². The van der Waals surface area contributed by atoms with Crippen LogP contribution in [0.15, 0.2) is 42.5 Å². The zero-order valence-corrected chi connectivity index (χ0v) is 11.5. The number of hydrogen-bond donors (Lipinski definition) is 0. The number of rotatable bonds is 5. The van der Waals surface area contributed by atoms with Gasteiger partial charge in [-0.3, -0.25) is 0 Å². The van der Waals surface area contributed by atoms with Crippen molar-refractivity contribution in [2.45, 2.75) is 37.8 Å². The summed E-state index contributed by atoms with van der Waals surface area (Å²) in [7, 11) is 0. The average molecular weight is 274 g/mol. The summed E-state index contributed by atoms with van der Waals surface area (Å²) in [5, 5.41) is 0. The van der Waals surface area contributed by atoms with Crippen LogP contribution in [0.1, 0.15) is 18.9 Å². The van der Waals surface area contributed by atoms with Crippen molar-refractivity contribution in [2.75, 3.05) is 6.61 Å². The first-order valence-electron chi connectivity index (χ1n) is 6.93. The van der Waals surface area contributed by atoms with Crippen LogP contribution in [0, 0.1) is 0 Å². The fourth-order valence-corrected chi connectivity index (χ4v) is 2.71. The second kappa shape index (κ2) is 5.38. The van der Waals surface area contributed by atoms with Gasteiger partial charge < -0.3 is 14.2 Å². The Bertz CT molecular complexity index is 510. The van der Waals surface area contributed by atoms with E-state index in [1.54, 1.807) is 6.08 Å². The van der Waals surface area contributed by atoms with E-state index in [1.165, 1.54) is 0 Å². The molecule has 2 bridgehead atoms. The van der Waals surface area contributed by atoms with E-state index in [9.17, 15) is 4.79 Å². The Hall–Kier alpha value is -1.65. The first-order valence-corrected chi connectivity index (χ1v) is 6.93. The number of fused-ring (bicyclic) bond motifs is 2. The van der Waals surface area contributed by atoms with Crippen molar-refractivity contribution in [3.63, 3.8) is 0 Å². The second-order valence-electron chi connectivity index (χ2n) is 5.09. The molecule has 0 unspecified atom stereocenters. The summed E-state index contributed by atoms with van der Waals surface area (Å²) in [5.74, 6) is -0.300. The normalized spacial score (nSPS) is 31.4. The topological polar surface area (TPSA) is 44.8 Å². The maximum Gasteiger partial charge on any atom is 0.343 e. The summed E-state index contributed by atoms with van der Waals surface area (Å²) < 4.78 is 16.8. The standard InChI is InChI=1S/C16H18O4/c1-2-19-16-9-8-13(14(10-16)20-15(16)17)18-11-12-6-4-3-5-7-12/h3-9,13-14H,2,10-11H2,1H3/t13-,14+,16+/m1/s1. The third-order valence-electron chi connectivity index (χ3n) is 3.72. The molecule has 106 valence electrons. The van der Waals surface area contributed by atoms with E-state index >= 15 is 0 Å². The largest absolute Gasteiger partial charge is 0.457 e. The van der Waals surface area contributed by atoms with Gasteiger partial charge in [0.25, 0.3) is 0 Å². The lowest BCUT2D eigenvalue weighted by Crippen LogP contribution is -2.39. The molecule has 0 radical (unpaired) electrons. The van der Waals surface area contributed by atoms with Crippen LogP contribution in [-0.2, 0) is 25.6 Å². The van der Waals surface area contributed by atoms with Crippen molar-refractivity contribution in [3.05, 3.63) is 48.0 Å². The lowest BCUT2D eigenvalue weighted by atomic mass is 9.90. The fraction of sp³-hybridized carbons (Fsp3) is 0.438. The Kier molecular flexibility index (Phi) is 3.59. The first kappa shape index (κ1) is 13.3. The molecule has 1 saturated heterocycles. The van der Waals surface area contributed by atoms with Gasteiger partial charge in [0.2, 0.25) is 0 Å². The average Bonchev–Trinajstić information content (AvgIpc) is 2.72. The van der Waals surface area contributed by atoms with E-state index in [0.29, 0.717) is 19.6 Å². The smallest absolute Gasteiger partial charge is 0.343 e. The van der Waals surface area contributed by atoms with Gasteiger partial charge in [0.1, 0.15) is 12.2 Å². The van der Waals surface area contributed by atoms with Crippen molar-refractivity contribution in [3.8, 4) is 0 Å². The number of benzene rings is 1. The second-order valence-corrected chi connectivity index (χ2v) is 5.09. The fourth-order valence-electron chi connectivity index (χ4n) is 2.71. The van der Waals surface area contributed by atoms with Crippen LogP contribution in [0.4, 0.5) is 0 Å². The molecule has 1 aromatic carbocycles. The van der Waals surface area contributed by atoms with E-state index in [-0.39, 0.29) is 18.2 Å². The molecule has 2 aliphatic rings. The van der Waals surface area contributed by atoms with Crippen LogP contribution in [0.3, 0.4) is 0 Å². The van der Waals surface area contributed by atoms with E-state index in [1.807, 2.05) is 43.3 Å². The van der Waals surface area contributed by atoms with Gasteiger partial charge >= 0.3 is 5.97 Å². The molecule has 1 aliphatic carbocycles. The van der Waals surface area contributed by atoms with E-state index in [4.69, 9.17) is 14.2 Å². The molecule has 20 heavy (non-hydrogen) atoms. The minimum atomic E-state index is -0.883. The Morgan fingerprint density at radius 1 is 1.35 bits per heavy atom. The quantitative estimate of drug-likeness (QED) is 0.610. The van der Waals surface area contributed by atoms with Gasteiger partial charge in [-0.2, -0.15) is 0 Å². The predicted molar refractivity (Wildman–Crippen MR) is 73.0 cm³/mol. The zero-order valence-electron chi connectivity index (χ0n) is 11.5. The predicted octanol–water partition coefficient (Wildman–Crippen LogP) is 2.23. The highest BCUT2D eigenvalue weighted by atomic mass is 16.6. The highest BCUT2D eigenvalue weighted by molar-refractivity contribution is 5.85. The number of carbonyl (C=O) groups is 1. The van der Waals surface area contributed by atoms with Crippen molar-refractivity contribution in [1.82, 2.24) is 0 Å².